The van der Waals surface area contributed by atoms with Crippen molar-refractivity contribution in [2.45, 2.75) is 12.7 Å². The quantitative estimate of drug-likeness (QED) is 0.510. The van der Waals surface area contributed by atoms with E-state index in [1.165, 1.54) is 35.3 Å². The number of thiocarbonyl (C=S) groups is 1. The van der Waals surface area contributed by atoms with Crippen molar-refractivity contribution in [1.82, 2.24) is 14.8 Å². The molecule has 0 radical (unpaired) electrons. The second kappa shape index (κ2) is 7.70. The smallest absolute Gasteiger partial charge is 0.332 e. The number of rotatable bonds is 4. The molecule has 0 fully saturated rings. The normalized spacial score (nSPS) is 11.3. The molecule has 0 aliphatic carbocycles. The van der Waals surface area contributed by atoms with Gasteiger partial charge in [0.15, 0.2) is 5.11 Å². The molecule has 10 heteroatoms. The predicted octanol–water partition coefficient (Wildman–Crippen LogP) is 4.29. The molecular formula is C17H13F4N5S. The highest BCUT2D eigenvalue weighted by Gasteiger charge is 2.33. The molecule has 0 atom stereocenters. The van der Waals surface area contributed by atoms with E-state index in [4.69, 9.17) is 12.2 Å². The third-order valence-electron chi connectivity index (χ3n) is 3.53. The van der Waals surface area contributed by atoms with Gasteiger partial charge in [0.2, 0.25) is 5.95 Å². The lowest BCUT2D eigenvalue weighted by Crippen LogP contribution is -2.22. The topological polar surface area (TPSA) is 54.8 Å². The van der Waals surface area contributed by atoms with E-state index in [0.29, 0.717) is 5.56 Å². The van der Waals surface area contributed by atoms with Crippen LogP contribution in [0, 0.1) is 5.82 Å². The van der Waals surface area contributed by atoms with Crippen molar-refractivity contribution in [1.29, 1.82) is 0 Å². The zero-order chi connectivity index (χ0) is 19.4. The molecule has 27 heavy (non-hydrogen) atoms. The molecule has 0 bridgehead atoms. The molecule has 0 aliphatic heterocycles. The van der Waals surface area contributed by atoms with Crippen molar-refractivity contribution in [3.8, 4) is 0 Å². The van der Waals surface area contributed by atoms with Gasteiger partial charge in [0.1, 0.15) is 12.1 Å². The number of nitrogens with one attached hydrogen (secondary N) is 2. The summed E-state index contributed by atoms with van der Waals surface area (Å²) in [4.78, 5) is 3.96. The summed E-state index contributed by atoms with van der Waals surface area (Å²) in [5, 5.41) is 9.07. The third-order valence-corrected chi connectivity index (χ3v) is 3.74. The van der Waals surface area contributed by atoms with Crippen LogP contribution in [0.2, 0.25) is 0 Å². The van der Waals surface area contributed by atoms with Gasteiger partial charge < -0.3 is 5.32 Å². The van der Waals surface area contributed by atoms with E-state index in [0.717, 1.165) is 6.07 Å². The maximum atomic E-state index is 13.7. The highest BCUT2D eigenvalue weighted by atomic mass is 32.1. The number of para-hydroxylation sites is 1. The summed E-state index contributed by atoms with van der Waals surface area (Å²) in [6.07, 6.45) is -3.15. The second-order valence-corrected chi connectivity index (χ2v) is 5.89. The molecule has 5 nitrogen and oxygen atoms in total. The van der Waals surface area contributed by atoms with E-state index < -0.39 is 11.7 Å². The Hall–Kier alpha value is -3.01. The van der Waals surface area contributed by atoms with Crippen LogP contribution in [-0.2, 0) is 12.7 Å². The fourth-order valence-corrected chi connectivity index (χ4v) is 2.52. The van der Waals surface area contributed by atoms with Crippen LogP contribution in [0.1, 0.15) is 11.1 Å². The molecule has 0 aliphatic rings. The molecule has 0 amide bonds. The van der Waals surface area contributed by atoms with Gasteiger partial charge in [-0.3, -0.25) is 5.32 Å². The number of aromatic nitrogens is 3. The number of hydrogen-bond acceptors (Lipinski definition) is 3. The molecular weight excluding hydrogens is 382 g/mol. The Bertz CT molecular complexity index is 954. The lowest BCUT2D eigenvalue weighted by atomic mass is 10.2. The zero-order valence-corrected chi connectivity index (χ0v) is 14.5. The van der Waals surface area contributed by atoms with Crippen LogP contribution in [0.15, 0.2) is 54.9 Å². The maximum absolute atomic E-state index is 13.7. The van der Waals surface area contributed by atoms with Gasteiger partial charge in [-0.25, -0.2) is 14.1 Å². The molecule has 2 N–H and O–H groups in total. The van der Waals surface area contributed by atoms with Crippen molar-refractivity contribution in [3.63, 3.8) is 0 Å². The van der Waals surface area contributed by atoms with Crippen molar-refractivity contribution in [2.24, 2.45) is 0 Å². The predicted molar refractivity (Wildman–Crippen MR) is 96.8 cm³/mol. The minimum atomic E-state index is -4.52. The first-order valence-electron chi connectivity index (χ1n) is 7.70. The summed E-state index contributed by atoms with van der Waals surface area (Å²) in [5.41, 5.74) is -0.603. The molecule has 3 aromatic rings. The Balaban J connectivity index is 1.66. The molecule has 3 rings (SSSR count). The van der Waals surface area contributed by atoms with Crippen LogP contribution in [0.4, 0.5) is 29.2 Å². The van der Waals surface area contributed by atoms with Gasteiger partial charge in [0.05, 0.1) is 17.8 Å². The average Bonchev–Trinajstić information content (AvgIpc) is 3.03. The summed E-state index contributed by atoms with van der Waals surface area (Å²) in [6, 6.07) is 11.2. The maximum Gasteiger partial charge on any atom is 0.418 e. The Labute approximate surface area is 157 Å². The van der Waals surface area contributed by atoms with Gasteiger partial charge in [-0.15, -0.1) is 5.10 Å². The van der Waals surface area contributed by atoms with Crippen molar-refractivity contribution < 1.29 is 17.6 Å². The van der Waals surface area contributed by atoms with Crippen LogP contribution in [-0.4, -0.2) is 19.9 Å². The van der Waals surface area contributed by atoms with Crippen LogP contribution in [0.3, 0.4) is 0 Å². The van der Waals surface area contributed by atoms with E-state index in [1.807, 2.05) is 0 Å². The molecule has 1 aromatic heterocycles. The molecule has 140 valence electrons. The Morgan fingerprint density at radius 2 is 1.74 bits per heavy atom. The van der Waals surface area contributed by atoms with Gasteiger partial charge in [-0.05, 0) is 30.4 Å². The fraction of sp³-hybridized carbons (Fsp3) is 0.118. The summed E-state index contributed by atoms with van der Waals surface area (Å²) >= 11 is 5.02. The van der Waals surface area contributed by atoms with Gasteiger partial charge in [0.25, 0.3) is 0 Å². The molecule has 0 saturated heterocycles. The number of halogens is 4. The zero-order valence-electron chi connectivity index (χ0n) is 13.7. The molecule has 0 saturated carbocycles. The summed E-state index contributed by atoms with van der Waals surface area (Å²) in [5.74, 6) is -0.295. The standard InChI is InChI=1S/C17H13F4N5S/c18-13-7-3-1-5-11(13)9-26-10-22-15(25-26)24-16(27)23-14-8-4-2-6-12(14)17(19,20)21/h1-8,10H,9H2,(H2,23,24,25,27). The van der Waals surface area contributed by atoms with E-state index in [9.17, 15) is 17.6 Å². The highest BCUT2D eigenvalue weighted by Crippen LogP contribution is 2.34. The second-order valence-electron chi connectivity index (χ2n) is 5.48. The average molecular weight is 395 g/mol. The number of anilines is 2. The number of alkyl halides is 3. The van der Waals surface area contributed by atoms with Crippen LogP contribution < -0.4 is 10.6 Å². The lowest BCUT2D eigenvalue weighted by molar-refractivity contribution is -0.136. The van der Waals surface area contributed by atoms with Crippen LogP contribution in [0.25, 0.3) is 0 Å². The largest absolute Gasteiger partial charge is 0.418 e. The fourth-order valence-electron chi connectivity index (χ4n) is 2.32. The first-order valence-corrected chi connectivity index (χ1v) is 8.11. The third kappa shape index (κ3) is 4.79. The summed E-state index contributed by atoms with van der Waals surface area (Å²) in [7, 11) is 0. The highest BCUT2D eigenvalue weighted by molar-refractivity contribution is 7.80. The number of benzene rings is 2. The minimum Gasteiger partial charge on any atom is -0.332 e. The molecule has 2 aromatic carbocycles. The van der Waals surface area contributed by atoms with Gasteiger partial charge in [-0.1, -0.05) is 30.3 Å². The Kier molecular flexibility index (Phi) is 5.36. The molecule has 0 unspecified atom stereocenters. The van der Waals surface area contributed by atoms with Crippen LogP contribution >= 0.6 is 12.2 Å². The molecule has 1 heterocycles. The minimum absolute atomic E-state index is 0.0772. The number of nitrogens with zero attached hydrogens (tertiary/aromatic N) is 3. The molecule has 0 spiro atoms. The Morgan fingerprint density at radius 3 is 2.48 bits per heavy atom. The first-order chi connectivity index (χ1) is 12.8. The Morgan fingerprint density at radius 1 is 1.04 bits per heavy atom. The lowest BCUT2D eigenvalue weighted by Gasteiger charge is -2.14. The van der Waals surface area contributed by atoms with Crippen molar-refractivity contribution in [2.75, 3.05) is 10.6 Å². The van der Waals surface area contributed by atoms with Crippen molar-refractivity contribution >= 4 is 29.0 Å². The van der Waals surface area contributed by atoms with Gasteiger partial charge in [0, 0.05) is 5.56 Å². The summed E-state index contributed by atoms with van der Waals surface area (Å²) in [6.45, 7) is 0.151. The summed E-state index contributed by atoms with van der Waals surface area (Å²) < 4.78 is 54.1. The van der Waals surface area contributed by atoms with Gasteiger partial charge >= 0.3 is 6.18 Å². The SMILES string of the molecule is Fc1ccccc1Cn1cnc(NC(=S)Nc2ccccc2C(F)(F)F)n1. The van der Waals surface area contributed by atoms with Crippen LogP contribution in [0.5, 0.6) is 0 Å². The first kappa shape index (κ1) is 18.8. The monoisotopic (exact) mass is 395 g/mol. The van der Waals surface area contributed by atoms with E-state index in [2.05, 4.69) is 20.7 Å². The van der Waals surface area contributed by atoms with Crippen molar-refractivity contribution in [3.05, 3.63) is 71.8 Å². The van der Waals surface area contributed by atoms with Gasteiger partial charge in [-0.2, -0.15) is 13.2 Å². The van der Waals surface area contributed by atoms with E-state index in [-0.39, 0.29) is 29.1 Å². The van der Waals surface area contributed by atoms with E-state index >= 15 is 0 Å². The number of hydrogen-bond donors (Lipinski definition) is 2. The van der Waals surface area contributed by atoms with E-state index in [1.54, 1.807) is 18.2 Å².